The number of hydrogen-bond acceptors (Lipinski definition) is 4. The Labute approximate surface area is 144 Å². The maximum absolute atomic E-state index is 11.7. The monoisotopic (exact) mass is 334 g/mol. The number of amides is 1. The van der Waals surface area contributed by atoms with Crippen LogP contribution in [0.2, 0.25) is 0 Å². The smallest absolute Gasteiger partial charge is 0.407 e. The summed E-state index contributed by atoms with van der Waals surface area (Å²) in [6.07, 6.45) is 4.18. The van der Waals surface area contributed by atoms with Crippen molar-refractivity contribution in [1.29, 1.82) is 0 Å². The van der Waals surface area contributed by atoms with E-state index in [1.807, 2.05) is 45.0 Å². The molecule has 24 heavy (non-hydrogen) atoms. The maximum atomic E-state index is 11.7. The average molecular weight is 334 g/mol. The molecular formula is C19H30N2O3. The molecule has 0 aromatic heterocycles. The number of carbonyl (C=O) groups excluding carboxylic acids is 1. The third kappa shape index (κ3) is 6.69. The normalized spacial score (nSPS) is 21.1. The van der Waals surface area contributed by atoms with Crippen molar-refractivity contribution in [2.75, 3.05) is 18.9 Å². The standard InChI is InChI=1S/C19H30N2O3/c1-19(2,3)24-18(22)21-12-14-4-6-15(7-5-14)13-23-17-10-8-16(20)9-11-17/h8-11,14-15H,4-7,12-13,20H2,1-3H3,(H,21,22)/t14-,15-. The maximum Gasteiger partial charge on any atom is 0.407 e. The van der Waals surface area contributed by atoms with Crippen molar-refractivity contribution >= 4 is 11.8 Å². The second-order valence-electron chi connectivity index (χ2n) is 7.65. The lowest BCUT2D eigenvalue weighted by atomic mass is 9.82. The van der Waals surface area contributed by atoms with Gasteiger partial charge in [0.2, 0.25) is 0 Å². The van der Waals surface area contributed by atoms with Crippen LogP contribution in [0.15, 0.2) is 24.3 Å². The highest BCUT2D eigenvalue weighted by molar-refractivity contribution is 5.67. The minimum absolute atomic E-state index is 0.323. The van der Waals surface area contributed by atoms with Crippen LogP contribution in [0, 0.1) is 11.8 Å². The summed E-state index contributed by atoms with van der Waals surface area (Å²) in [6.45, 7) is 7.06. The largest absolute Gasteiger partial charge is 0.493 e. The molecule has 0 saturated heterocycles. The van der Waals surface area contributed by atoms with E-state index in [0.29, 0.717) is 18.4 Å². The fourth-order valence-electron chi connectivity index (χ4n) is 2.92. The van der Waals surface area contributed by atoms with E-state index in [-0.39, 0.29) is 6.09 Å². The summed E-state index contributed by atoms with van der Waals surface area (Å²) >= 11 is 0. The van der Waals surface area contributed by atoms with Gasteiger partial charge in [0.1, 0.15) is 11.4 Å². The van der Waals surface area contributed by atoms with E-state index in [1.54, 1.807) is 0 Å². The molecule has 1 amide bonds. The molecule has 1 aromatic rings. The number of nitrogens with two attached hydrogens (primary N) is 1. The molecule has 0 bridgehead atoms. The minimum Gasteiger partial charge on any atom is -0.493 e. The number of hydrogen-bond donors (Lipinski definition) is 2. The number of alkyl carbamates (subject to hydrolysis) is 1. The van der Waals surface area contributed by atoms with Gasteiger partial charge < -0.3 is 20.5 Å². The lowest BCUT2D eigenvalue weighted by Crippen LogP contribution is -2.36. The third-order valence-corrected chi connectivity index (χ3v) is 4.27. The molecule has 0 unspecified atom stereocenters. The summed E-state index contributed by atoms with van der Waals surface area (Å²) in [5.74, 6) is 1.99. The zero-order valence-electron chi connectivity index (χ0n) is 15.0. The first-order chi connectivity index (χ1) is 11.3. The number of benzene rings is 1. The van der Waals surface area contributed by atoms with E-state index >= 15 is 0 Å². The van der Waals surface area contributed by atoms with Gasteiger partial charge in [-0.1, -0.05) is 0 Å². The van der Waals surface area contributed by atoms with Crippen LogP contribution < -0.4 is 15.8 Å². The summed E-state index contributed by atoms with van der Waals surface area (Å²) < 4.78 is 11.1. The third-order valence-electron chi connectivity index (χ3n) is 4.27. The van der Waals surface area contributed by atoms with Gasteiger partial charge in [0.05, 0.1) is 6.61 Å². The van der Waals surface area contributed by atoms with Crippen molar-refractivity contribution in [2.45, 2.75) is 52.1 Å². The molecule has 0 aliphatic heterocycles. The summed E-state index contributed by atoms with van der Waals surface area (Å²) in [6, 6.07) is 7.53. The molecule has 0 heterocycles. The number of carbonyl (C=O) groups is 1. The van der Waals surface area contributed by atoms with E-state index in [9.17, 15) is 4.79 Å². The van der Waals surface area contributed by atoms with Gasteiger partial charge in [-0.25, -0.2) is 4.79 Å². The number of rotatable bonds is 5. The number of nitrogen functional groups attached to an aromatic ring is 1. The van der Waals surface area contributed by atoms with Crippen molar-refractivity contribution in [1.82, 2.24) is 5.32 Å². The molecule has 0 atom stereocenters. The van der Waals surface area contributed by atoms with Crippen molar-refractivity contribution < 1.29 is 14.3 Å². The first-order valence-corrected chi connectivity index (χ1v) is 8.77. The Balaban J connectivity index is 1.62. The van der Waals surface area contributed by atoms with E-state index in [0.717, 1.165) is 43.7 Å². The Morgan fingerprint density at radius 1 is 1.12 bits per heavy atom. The Morgan fingerprint density at radius 2 is 1.71 bits per heavy atom. The average Bonchev–Trinajstić information content (AvgIpc) is 2.52. The van der Waals surface area contributed by atoms with E-state index in [1.165, 1.54) is 0 Å². The second kappa shape index (κ2) is 8.27. The Hall–Kier alpha value is -1.91. The topological polar surface area (TPSA) is 73.6 Å². The van der Waals surface area contributed by atoms with E-state index in [4.69, 9.17) is 15.2 Å². The highest BCUT2D eigenvalue weighted by Crippen LogP contribution is 2.29. The molecular weight excluding hydrogens is 304 g/mol. The fraction of sp³-hybridized carbons (Fsp3) is 0.632. The minimum atomic E-state index is -0.443. The zero-order chi connectivity index (χ0) is 17.6. The van der Waals surface area contributed by atoms with Crippen LogP contribution in [0.3, 0.4) is 0 Å². The van der Waals surface area contributed by atoms with Gasteiger partial charge in [-0.15, -0.1) is 0 Å². The van der Waals surface area contributed by atoms with Crippen LogP contribution in [0.1, 0.15) is 46.5 Å². The van der Waals surface area contributed by atoms with Crippen LogP contribution in [-0.2, 0) is 4.74 Å². The highest BCUT2D eigenvalue weighted by Gasteiger charge is 2.23. The molecule has 1 saturated carbocycles. The highest BCUT2D eigenvalue weighted by atomic mass is 16.6. The molecule has 1 aliphatic rings. The predicted molar refractivity (Wildman–Crippen MR) is 96.0 cm³/mol. The second-order valence-corrected chi connectivity index (χ2v) is 7.65. The van der Waals surface area contributed by atoms with E-state index in [2.05, 4.69) is 5.32 Å². The van der Waals surface area contributed by atoms with Crippen LogP contribution in [0.25, 0.3) is 0 Å². The quantitative estimate of drug-likeness (QED) is 0.799. The van der Waals surface area contributed by atoms with Crippen molar-refractivity contribution in [3.8, 4) is 5.75 Å². The Bertz CT molecular complexity index is 514. The molecule has 0 spiro atoms. The van der Waals surface area contributed by atoms with Crippen molar-refractivity contribution in [3.63, 3.8) is 0 Å². The first-order valence-electron chi connectivity index (χ1n) is 8.77. The number of anilines is 1. The van der Waals surface area contributed by atoms with Gasteiger partial charge in [-0.3, -0.25) is 0 Å². The van der Waals surface area contributed by atoms with Crippen LogP contribution >= 0.6 is 0 Å². The molecule has 2 rings (SSSR count). The van der Waals surface area contributed by atoms with Crippen LogP contribution in [0.5, 0.6) is 5.75 Å². The number of nitrogens with one attached hydrogen (secondary N) is 1. The summed E-state index contributed by atoms with van der Waals surface area (Å²) in [5, 5.41) is 2.88. The van der Waals surface area contributed by atoms with Gasteiger partial charge in [0, 0.05) is 12.2 Å². The number of ether oxygens (including phenoxy) is 2. The molecule has 1 fully saturated rings. The van der Waals surface area contributed by atoms with Gasteiger partial charge in [0.25, 0.3) is 0 Å². The van der Waals surface area contributed by atoms with Crippen LogP contribution in [-0.4, -0.2) is 24.8 Å². The molecule has 5 nitrogen and oxygen atoms in total. The predicted octanol–water partition coefficient (Wildman–Crippen LogP) is 3.98. The molecule has 1 aliphatic carbocycles. The SMILES string of the molecule is CC(C)(C)OC(=O)NC[C@H]1CC[C@H](COc2ccc(N)cc2)CC1. The summed E-state index contributed by atoms with van der Waals surface area (Å²) in [7, 11) is 0. The summed E-state index contributed by atoms with van der Waals surface area (Å²) in [4.78, 5) is 11.7. The molecule has 1 aromatic carbocycles. The van der Waals surface area contributed by atoms with Gasteiger partial charge >= 0.3 is 6.09 Å². The fourth-order valence-corrected chi connectivity index (χ4v) is 2.92. The van der Waals surface area contributed by atoms with Gasteiger partial charge in [-0.05, 0) is 82.6 Å². The summed E-state index contributed by atoms with van der Waals surface area (Å²) in [5.41, 5.74) is 5.98. The van der Waals surface area contributed by atoms with Gasteiger partial charge in [0.15, 0.2) is 0 Å². The van der Waals surface area contributed by atoms with Crippen molar-refractivity contribution in [3.05, 3.63) is 24.3 Å². The lowest BCUT2D eigenvalue weighted by Gasteiger charge is -2.29. The first kappa shape index (κ1) is 18.4. The van der Waals surface area contributed by atoms with Crippen molar-refractivity contribution in [2.24, 2.45) is 11.8 Å². The Kier molecular flexibility index (Phi) is 6.35. The van der Waals surface area contributed by atoms with Crippen LogP contribution in [0.4, 0.5) is 10.5 Å². The Morgan fingerprint density at radius 3 is 2.29 bits per heavy atom. The lowest BCUT2D eigenvalue weighted by molar-refractivity contribution is 0.0511. The molecule has 134 valence electrons. The molecule has 3 N–H and O–H groups in total. The molecule has 5 heteroatoms. The van der Waals surface area contributed by atoms with E-state index < -0.39 is 5.60 Å². The van der Waals surface area contributed by atoms with Gasteiger partial charge in [-0.2, -0.15) is 0 Å². The zero-order valence-corrected chi connectivity index (χ0v) is 15.0. The molecule has 0 radical (unpaired) electrons.